The minimum absolute atomic E-state index is 0.206. The second-order valence-electron chi connectivity index (χ2n) is 6.57. The van der Waals surface area contributed by atoms with E-state index in [-0.39, 0.29) is 10.7 Å². The van der Waals surface area contributed by atoms with E-state index in [1.807, 2.05) is 0 Å². The van der Waals surface area contributed by atoms with Crippen LogP contribution in [0.25, 0.3) is 22.4 Å². The molecule has 0 fully saturated rings. The number of pyridine rings is 1. The Kier molecular flexibility index (Phi) is 5.16. The molecule has 7 heteroatoms. The molecule has 1 aromatic heterocycles. The average molecular weight is 395 g/mol. The van der Waals surface area contributed by atoms with Crippen LogP contribution in [0.5, 0.6) is 0 Å². The van der Waals surface area contributed by atoms with Crippen molar-refractivity contribution in [1.82, 2.24) is 4.98 Å². The van der Waals surface area contributed by atoms with E-state index in [0.717, 1.165) is 6.26 Å². The Morgan fingerprint density at radius 2 is 1.57 bits per heavy atom. The molecule has 0 spiro atoms. The van der Waals surface area contributed by atoms with Crippen LogP contribution in [0.3, 0.4) is 0 Å². The molecule has 142 valence electrons. The van der Waals surface area contributed by atoms with Crippen molar-refractivity contribution >= 4 is 15.7 Å². The molecule has 1 heterocycles. The van der Waals surface area contributed by atoms with Crippen LogP contribution in [0.1, 0.15) is 5.56 Å². The Morgan fingerprint density at radius 1 is 1.00 bits per heavy atom. The maximum absolute atomic E-state index is 13.4. The zero-order valence-electron chi connectivity index (χ0n) is 15.6. The number of rotatable bonds is 4. The first-order valence-corrected chi connectivity index (χ1v) is 10.3. The van der Waals surface area contributed by atoms with Crippen LogP contribution in [0.15, 0.2) is 59.5 Å². The minimum Gasteiger partial charge on any atom is -0.362 e. The highest BCUT2D eigenvalue weighted by Crippen LogP contribution is 2.35. The summed E-state index contributed by atoms with van der Waals surface area (Å²) >= 11 is 0. The van der Waals surface area contributed by atoms with E-state index in [0.29, 0.717) is 33.8 Å². The number of aromatic nitrogens is 1. The van der Waals surface area contributed by atoms with E-state index < -0.39 is 9.84 Å². The number of nitrogens with zero attached hydrogens (tertiary/aromatic N) is 3. The van der Waals surface area contributed by atoms with Crippen molar-refractivity contribution in [3.63, 3.8) is 0 Å². The van der Waals surface area contributed by atoms with Gasteiger partial charge >= 0.3 is 0 Å². The van der Waals surface area contributed by atoms with Crippen molar-refractivity contribution in [2.75, 3.05) is 25.3 Å². The Morgan fingerprint density at radius 3 is 2.07 bits per heavy atom. The predicted octanol–water partition coefficient (Wildman–Crippen LogP) is 3.90. The summed E-state index contributed by atoms with van der Waals surface area (Å²) in [6.07, 6.45) is 1.15. The van der Waals surface area contributed by atoms with Crippen molar-refractivity contribution in [1.29, 1.82) is 5.26 Å². The molecule has 0 aliphatic heterocycles. The van der Waals surface area contributed by atoms with E-state index in [1.54, 1.807) is 49.3 Å². The smallest absolute Gasteiger partial charge is 0.175 e. The first kappa shape index (κ1) is 19.5. The number of hydrogen-bond donors (Lipinski definition) is 0. The van der Waals surface area contributed by atoms with Gasteiger partial charge in [-0.2, -0.15) is 5.26 Å². The predicted molar refractivity (Wildman–Crippen MR) is 107 cm³/mol. The normalized spacial score (nSPS) is 11.1. The molecule has 0 bridgehead atoms. The second kappa shape index (κ2) is 7.41. The quantitative estimate of drug-likeness (QED) is 0.670. The summed E-state index contributed by atoms with van der Waals surface area (Å²) < 4.78 is 36.8. The zero-order valence-corrected chi connectivity index (χ0v) is 16.5. The van der Waals surface area contributed by atoms with Crippen LogP contribution >= 0.6 is 0 Å². The molecular formula is C21H18FN3O2S. The Bertz CT molecular complexity index is 1160. The van der Waals surface area contributed by atoms with Gasteiger partial charge in [0.05, 0.1) is 16.2 Å². The molecule has 0 N–H and O–H groups in total. The van der Waals surface area contributed by atoms with Crippen LogP contribution in [0.2, 0.25) is 0 Å². The van der Waals surface area contributed by atoms with Gasteiger partial charge in [-0.15, -0.1) is 0 Å². The van der Waals surface area contributed by atoms with Crippen LogP contribution in [-0.4, -0.2) is 33.8 Å². The summed E-state index contributed by atoms with van der Waals surface area (Å²) in [5, 5.41) is 9.54. The third-order valence-electron chi connectivity index (χ3n) is 4.26. The maximum atomic E-state index is 13.4. The van der Waals surface area contributed by atoms with Crippen molar-refractivity contribution in [2.45, 2.75) is 4.90 Å². The molecule has 0 saturated heterocycles. The highest BCUT2D eigenvalue weighted by atomic mass is 32.2. The maximum Gasteiger partial charge on any atom is 0.175 e. The first-order chi connectivity index (χ1) is 13.2. The highest BCUT2D eigenvalue weighted by Gasteiger charge is 2.17. The lowest BCUT2D eigenvalue weighted by molar-refractivity contribution is 0.602. The van der Waals surface area contributed by atoms with Gasteiger partial charge < -0.3 is 4.90 Å². The second-order valence-corrected chi connectivity index (χ2v) is 8.58. The number of anilines is 1. The molecule has 0 aliphatic rings. The highest BCUT2D eigenvalue weighted by molar-refractivity contribution is 7.90. The van der Waals surface area contributed by atoms with Crippen molar-refractivity contribution < 1.29 is 12.8 Å². The van der Waals surface area contributed by atoms with Crippen LogP contribution in [-0.2, 0) is 9.84 Å². The van der Waals surface area contributed by atoms with Crippen LogP contribution in [0, 0.1) is 17.1 Å². The third kappa shape index (κ3) is 3.87. The van der Waals surface area contributed by atoms with E-state index in [1.165, 1.54) is 24.3 Å². The number of hydrogen-bond acceptors (Lipinski definition) is 5. The third-order valence-corrected chi connectivity index (χ3v) is 5.39. The van der Waals surface area contributed by atoms with Gasteiger partial charge in [-0.25, -0.2) is 17.8 Å². The topological polar surface area (TPSA) is 74.1 Å². The van der Waals surface area contributed by atoms with Gasteiger partial charge in [-0.3, -0.25) is 0 Å². The molecule has 0 radical (unpaired) electrons. The lowest BCUT2D eigenvalue weighted by Gasteiger charge is -2.18. The van der Waals surface area contributed by atoms with E-state index in [4.69, 9.17) is 0 Å². The lowest BCUT2D eigenvalue weighted by atomic mass is 9.97. The lowest BCUT2D eigenvalue weighted by Crippen LogP contribution is -2.13. The molecular weight excluding hydrogens is 377 g/mol. The van der Waals surface area contributed by atoms with E-state index >= 15 is 0 Å². The van der Waals surface area contributed by atoms with Gasteiger partial charge in [0.25, 0.3) is 0 Å². The summed E-state index contributed by atoms with van der Waals surface area (Å²) in [4.78, 5) is 6.60. The molecule has 0 amide bonds. The number of nitriles is 1. The molecule has 2 aromatic carbocycles. The van der Waals surface area contributed by atoms with Crippen LogP contribution in [0.4, 0.5) is 10.2 Å². The van der Waals surface area contributed by atoms with Gasteiger partial charge in [0.2, 0.25) is 0 Å². The molecule has 28 heavy (non-hydrogen) atoms. The molecule has 0 atom stereocenters. The molecule has 0 unspecified atom stereocenters. The van der Waals surface area contributed by atoms with Gasteiger partial charge in [0, 0.05) is 31.5 Å². The fourth-order valence-corrected chi connectivity index (χ4v) is 3.49. The van der Waals surface area contributed by atoms with Gasteiger partial charge in [0.1, 0.15) is 17.7 Å². The molecule has 3 aromatic rings. The molecule has 0 aliphatic carbocycles. The van der Waals surface area contributed by atoms with E-state index in [2.05, 4.69) is 11.1 Å². The molecule has 0 saturated carbocycles. The average Bonchev–Trinajstić information content (AvgIpc) is 2.67. The fourth-order valence-electron chi connectivity index (χ4n) is 2.86. The Hall–Kier alpha value is -3.24. The fraction of sp³-hybridized carbons (Fsp3) is 0.143. The Balaban J connectivity index is 2.26. The number of halogens is 1. The molecule has 5 nitrogen and oxygen atoms in total. The summed E-state index contributed by atoms with van der Waals surface area (Å²) in [7, 11) is 0.264. The Labute approximate surface area is 163 Å². The van der Waals surface area contributed by atoms with Gasteiger partial charge in [0.15, 0.2) is 9.84 Å². The summed E-state index contributed by atoms with van der Waals surface area (Å²) in [5.41, 5.74) is 3.03. The van der Waals surface area contributed by atoms with Crippen LogP contribution < -0.4 is 4.90 Å². The zero-order chi connectivity index (χ0) is 20.5. The monoisotopic (exact) mass is 395 g/mol. The minimum atomic E-state index is -3.32. The number of benzene rings is 2. The largest absolute Gasteiger partial charge is 0.362 e. The summed E-state index contributed by atoms with van der Waals surface area (Å²) in [6, 6.07) is 16.2. The SMILES string of the molecule is CN(C)c1nc(-c2ccc(F)cc2)c(-c2ccc(S(C)(=O)=O)cc2)cc1C#N. The van der Waals surface area contributed by atoms with Crippen molar-refractivity contribution in [2.24, 2.45) is 0 Å². The van der Waals surface area contributed by atoms with Crippen molar-refractivity contribution in [3.8, 4) is 28.5 Å². The van der Waals surface area contributed by atoms with Gasteiger partial charge in [-0.1, -0.05) is 12.1 Å². The van der Waals surface area contributed by atoms with Crippen molar-refractivity contribution in [3.05, 3.63) is 66.0 Å². The van der Waals surface area contributed by atoms with Gasteiger partial charge in [-0.05, 0) is 48.0 Å². The number of sulfone groups is 1. The summed E-state index contributed by atoms with van der Waals surface area (Å²) in [6.45, 7) is 0. The summed E-state index contributed by atoms with van der Waals surface area (Å²) in [5.74, 6) is 0.141. The first-order valence-electron chi connectivity index (χ1n) is 8.39. The van der Waals surface area contributed by atoms with E-state index in [9.17, 15) is 18.1 Å². The standard InChI is InChI=1S/C21H18FN3O2S/c1-25(2)21-16(13-23)12-19(14-6-10-18(11-7-14)28(3,26)27)20(24-21)15-4-8-17(22)9-5-15/h4-12H,1-3H3. The molecule has 3 rings (SSSR count).